The highest BCUT2D eigenvalue weighted by Crippen LogP contribution is 2.11. The van der Waals surface area contributed by atoms with Crippen LogP contribution in [-0.4, -0.2) is 31.3 Å². The molecule has 0 aliphatic carbocycles. The van der Waals surface area contributed by atoms with Crippen LogP contribution in [0.3, 0.4) is 0 Å². The fraction of sp³-hybridized carbons (Fsp3) is 0.286. The van der Waals surface area contributed by atoms with Gasteiger partial charge in [0.05, 0.1) is 13.7 Å². The molecule has 0 bridgehead atoms. The van der Waals surface area contributed by atoms with Crippen LogP contribution in [0, 0.1) is 11.3 Å². The minimum atomic E-state index is -0.464. The number of aliphatic hydroxyl groups is 1. The second-order valence-corrected chi connectivity index (χ2v) is 3.88. The summed E-state index contributed by atoms with van der Waals surface area (Å²) < 4.78 is 5.04. The molecule has 0 aromatic heterocycles. The lowest BCUT2D eigenvalue weighted by molar-refractivity contribution is -0.117. The zero-order valence-corrected chi connectivity index (χ0v) is 11.2. The van der Waals surface area contributed by atoms with Gasteiger partial charge in [-0.3, -0.25) is 4.79 Å². The molecule has 1 aromatic carbocycles. The second kappa shape index (κ2) is 8.56. The minimum Gasteiger partial charge on any atom is -0.497 e. The molecule has 0 unspecified atom stereocenters. The third-order valence-corrected chi connectivity index (χ3v) is 2.48. The third kappa shape index (κ3) is 5.00. The van der Waals surface area contributed by atoms with Crippen molar-refractivity contribution in [1.29, 1.82) is 5.26 Å². The Morgan fingerprint density at radius 2 is 2.15 bits per heavy atom. The quantitative estimate of drug-likeness (QED) is 0.378. The van der Waals surface area contributed by atoms with E-state index in [1.807, 2.05) is 12.1 Å². The number of aliphatic hydroxyl groups excluding tert-OH is 1. The summed E-state index contributed by atoms with van der Waals surface area (Å²) in [6.45, 7) is 0.543. The molecule has 0 heterocycles. The first-order valence-corrected chi connectivity index (χ1v) is 6.07. The van der Waals surface area contributed by atoms with E-state index in [0.29, 0.717) is 6.54 Å². The predicted molar refractivity (Wildman–Crippen MR) is 73.6 cm³/mol. The van der Waals surface area contributed by atoms with Crippen LogP contribution in [0.2, 0.25) is 0 Å². The number of methoxy groups -OCH3 is 1. The van der Waals surface area contributed by atoms with Crippen molar-refractivity contribution in [1.82, 2.24) is 10.6 Å². The number of hydrogen-bond acceptors (Lipinski definition) is 5. The molecule has 3 N–H and O–H groups in total. The monoisotopic (exact) mass is 275 g/mol. The van der Waals surface area contributed by atoms with Gasteiger partial charge in [0, 0.05) is 19.3 Å². The van der Waals surface area contributed by atoms with Gasteiger partial charge in [-0.1, -0.05) is 12.1 Å². The van der Waals surface area contributed by atoms with Crippen LogP contribution in [0.25, 0.3) is 0 Å². The molecular weight excluding hydrogens is 258 g/mol. The summed E-state index contributed by atoms with van der Waals surface area (Å²) in [4.78, 5) is 11.7. The molecule has 0 saturated heterocycles. The van der Waals surface area contributed by atoms with Gasteiger partial charge < -0.3 is 20.5 Å². The van der Waals surface area contributed by atoms with Crippen LogP contribution in [0.1, 0.15) is 5.56 Å². The van der Waals surface area contributed by atoms with E-state index in [2.05, 4.69) is 10.6 Å². The van der Waals surface area contributed by atoms with Gasteiger partial charge in [0.2, 0.25) is 0 Å². The van der Waals surface area contributed by atoms with Crippen molar-refractivity contribution < 1.29 is 14.6 Å². The molecule has 0 aliphatic heterocycles. The first kappa shape index (κ1) is 15.5. The van der Waals surface area contributed by atoms with Crippen molar-refractivity contribution >= 4 is 5.91 Å². The van der Waals surface area contributed by atoms with E-state index >= 15 is 0 Å². The number of ether oxygens (including phenoxy) is 1. The Morgan fingerprint density at radius 1 is 1.45 bits per heavy atom. The number of rotatable bonds is 7. The highest BCUT2D eigenvalue weighted by atomic mass is 16.5. The molecule has 6 nitrogen and oxygen atoms in total. The number of benzene rings is 1. The Labute approximate surface area is 117 Å². The summed E-state index contributed by atoms with van der Waals surface area (Å²) >= 11 is 0. The molecule has 1 amide bonds. The summed E-state index contributed by atoms with van der Waals surface area (Å²) in [6, 6.07) is 9.06. The van der Waals surface area contributed by atoms with E-state index in [4.69, 9.17) is 15.1 Å². The Kier molecular flexibility index (Phi) is 6.65. The highest BCUT2D eigenvalue weighted by Gasteiger charge is 2.08. The Bertz CT molecular complexity index is 503. The van der Waals surface area contributed by atoms with Gasteiger partial charge in [0.1, 0.15) is 17.4 Å². The molecule has 20 heavy (non-hydrogen) atoms. The topological polar surface area (TPSA) is 94.4 Å². The Morgan fingerprint density at radius 3 is 2.70 bits per heavy atom. The maximum Gasteiger partial charge on any atom is 0.263 e. The van der Waals surface area contributed by atoms with Gasteiger partial charge in [-0.15, -0.1) is 0 Å². The number of carbonyl (C=O) groups excluding carboxylic acids is 1. The minimum absolute atomic E-state index is 0.0352. The lowest BCUT2D eigenvalue weighted by atomic mass is 10.2. The van der Waals surface area contributed by atoms with Crippen LogP contribution in [0.5, 0.6) is 5.75 Å². The standard InChI is InChI=1S/C14H17N3O3/c1-20-13-4-2-11(3-5-13)9-17-14(19)12(8-15)10-16-6-7-18/h2-5,10,16,18H,6-7,9H2,1H3,(H,17,19)/b12-10-. The first-order chi connectivity index (χ1) is 9.71. The average Bonchev–Trinajstić information content (AvgIpc) is 2.50. The zero-order valence-electron chi connectivity index (χ0n) is 11.2. The van der Waals surface area contributed by atoms with Crippen molar-refractivity contribution in [2.75, 3.05) is 20.3 Å². The smallest absolute Gasteiger partial charge is 0.263 e. The summed E-state index contributed by atoms with van der Waals surface area (Å²) in [6.07, 6.45) is 1.29. The number of nitrogens with zero attached hydrogens (tertiary/aromatic N) is 1. The summed E-state index contributed by atoms with van der Waals surface area (Å²) in [7, 11) is 1.58. The van der Waals surface area contributed by atoms with Crippen LogP contribution in [0.15, 0.2) is 36.0 Å². The molecule has 0 radical (unpaired) electrons. The number of carbonyl (C=O) groups is 1. The number of nitrogens with one attached hydrogen (secondary N) is 2. The highest BCUT2D eigenvalue weighted by molar-refractivity contribution is 5.97. The lowest BCUT2D eigenvalue weighted by Crippen LogP contribution is -2.25. The lowest BCUT2D eigenvalue weighted by Gasteiger charge is -2.06. The normalized spacial score (nSPS) is 10.6. The van der Waals surface area contributed by atoms with E-state index in [1.54, 1.807) is 25.3 Å². The van der Waals surface area contributed by atoms with Crippen molar-refractivity contribution in [2.45, 2.75) is 6.54 Å². The maximum atomic E-state index is 11.7. The summed E-state index contributed by atoms with van der Waals surface area (Å²) in [5.41, 5.74) is 0.867. The van der Waals surface area contributed by atoms with Crippen LogP contribution in [0.4, 0.5) is 0 Å². The molecule has 0 spiro atoms. The number of amides is 1. The van der Waals surface area contributed by atoms with Gasteiger partial charge in [-0.2, -0.15) is 5.26 Å². The van der Waals surface area contributed by atoms with Crippen LogP contribution >= 0.6 is 0 Å². The molecule has 0 atom stereocenters. The largest absolute Gasteiger partial charge is 0.497 e. The molecular formula is C14H17N3O3. The maximum absolute atomic E-state index is 11.7. The Hall–Kier alpha value is -2.52. The van der Waals surface area contributed by atoms with Crippen LogP contribution < -0.4 is 15.4 Å². The number of hydrogen-bond donors (Lipinski definition) is 3. The van der Waals surface area contributed by atoms with Gasteiger partial charge >= 0.3 is 0 Å². The van der Waals surface area contributed by atoms with Crippen molar-refractivity contribution in [2.24, 2.45) is 0 Å². The predicted octanol–water partition coefficient (Wildman–Crippen LogP) is 0.301. The van der Waals surface area contributed by atoms with Crippen molar-refractivity contribution in [3.63, 3.8) is 0 Å². The Balaban J connectivity index is 2.52. The van der Waals surface area contributed by atoms with E-state index in [-0.39, 0.29) is 18.7 Å². The molecule has 1 rings (SSSR count). The summed E-state index contributed by atoms with van der Waals surface area (Å²) in [5.74, 6) is 0.277. The molecule has 0 saturated carbocycles. The van der Waals surface area contributed by atoms with E-state index in [0.717, 1.165) is 11.3 Å². The van der Waals surface area contributed by atoms with Gasteiger partial charge in [0.15, 0.2) is 0 Å². The van der Waals surface area contributed by atoms with E-state index in [1.165, 1.54) is 6.20 Å². The fourth-order valence-electron chi connectivity index (χ4n) is 1.41. The van der Waals surface area contributed by atoms with E-state index in [9.17, 15) is 4.79 Å². The zero-order chi connectivity index (χ0) is 14.8. The average molecular weight is 275 g/mol. The number of nitriles is 1. The summed E-state index contributed by atoms with van der Waals surface area (Å²) in [5, 5.41) is 22.8. The first-order valence-electron chi connectivity index (χ1n) is 6.07. The van der Waals surface area contributed by atoms with Crippen molar-refractivity contribution in [3.8, 4) is 11.8 Å². The molecule has 0 aliphatic rings. The third-order valence-electron chi connectivity index (χ3n) is 2.48. The van der Waals surface area contributed by atoms with Gasteiger partial charge in [-0.05, 0) is 17.7 Å². The van der Waals surface area contributed by atoms with Crippen LogP contribution in [-0.2, 0) is 11.3 Å². The molecule has 6 heteroatoms. The van der Waals surface area contributed by atoms with Crippen molar-refractivity contribution in [3.05, 3.63) is 41.6 Å². The molecule has 0 fully saturated rings. The fourth-order valence-corrected chi connectivity index (χ4v) is 1.41. The van der Waals surface area contributed by atoms with E-state index < -0.39 is 5.91 Å². The molecule has 106 valence electrons. The molecule has 1 aromatic rings. The van der Waals surface area contributed by atoms with Gasteiger partial charge in [0.25, 0.3) is 5.91 Å². The SMILES string of the molecule is COc1ccc(CNC(=O)/C(C#N)=C\NCCO)cc1. The van der Waals surface area contributed by atoms with Gasteiger partial charge in [-0.25, -0.2) is 0 Å². The second-order valence-electron chi connectivity index (χ2n) is 3.88.